The molecule has 0 saturated heterocycles. The molecule has 0 aliphatic rings. The smallest absolute Gasteiger partial charge is 0.319 e. The Morgan fingerprint density at radius 2 is 1.73 bits per heavy atom. The van der Waals surface area contributed by atoms with Gasteiger partial charge >= 0.3 is 6.03 Å². The number of nitrogens with one attached hydrogen (secondary N) is 2. The van der Waals surface area contributed by atoms with Crippen LogP contribution in [0, 0.1) is 11.2 Å². The molecule has 0 bridgehead atoms. The minimum atomic E-state index is -0.605. The lowest BCUT2D eigenvalue weighted by Gasteiger charge is -2.18. The van der Waals surface area contributed by atoms with E-state index in [9.17, 15) is 9.18 Å². The molecular formula is C24H29ClFN3O4. The first-order valence-electron chi connectivity index (χ1n) is 10.2. The van der Waals surface area contributed by atoms with Crippen molar-refractivity contribution in [2.45, 2.75) is 27.2 Å². The molecule has 33 heavy (non-hydrogen) atoms. The Kier molecular flexibility index (Phi) is 8.70. The summed E-state index contributed by atoms with van der Waals surface area (Å²) in [6.45, 7) is 6.76. The van der Waals surface area contributed by atoms with Crippen molar-refractivity contribution in [2.24, 2.45) is 5.41 Å². The highest BCUT2D eigenvalue weighted by Crippen LogP contribution is 2.37. The van der Waals surface area contributed by atoms with Gasteiger partial charge in [-0.2, -0.15) is 0 Å². The second-order valence-corrected chi connectivity index (χ2v) is 8.47. The number of benzene rings is 2. The Labute approximate surface area is 199 Å². The molecule has 2 aromatic carbocycles. The lowest BCUT2D eigenvalue weighted by molar-refractivity contribution is 0.250. The second-order valence-electron chi connectivity index (χ2n) is 8.47. The van der Waals surface area contributed by atoms with Crippen molar-refractivity contribution in [1.82, 2.24) is 10.3 Å². The number of carbonyl (C=O) groups excluding carboxylic acids is 1. The molecule has 9 heteroatoms. The number of hydrogen-bond donors (Lipinski definition) is 2. The number of ether oxygens (including phenoxy) is 3. The number of halogens is 2. The number of carbonyl (C=O) groups is 1. The van der Waals surface area contributed by atoms with Crippen molar-refractivity contribution in [3.05, 3.63) is 48.4 Å². The number of rotatable bonds is 7. The van der Waals surface area contributed by atoms with Crippen LogP contribution in [0.1, 0.15) is 27.2 Å². The summed E-state index contributed by atoms with van der Waals surface area (Å²) in [5.41, 5.74) is 0.812. The fourth-order valence-electron chi connectivity index (χ4n) is 3.04. The molecule has 0 aliphatic carbocycles. The maximum absolute atomic E-state index is 14.6. The van der Waals surface area contributed by atoms with Crippen LogP contribution in [-0.2, 0) is 0 Å². The standard InChI is InChI=1S/C24H28FN3O4.ClH/c1-24(2,3)9-11-27-23(29)28-18-7-6-15(12-17(18)25)32-20-8-10-26-19-14-22(31-5)21(30-4)13-16(19)20;/h6-8,10,12-14H,9,11H2,1-5H3,(H2,27,28,29);1H. The highest BCUT2D eigenvalue weighted by atomic mass is 35.5. The maximum atomic E-state index is 14.6. The molecule has 178 valence electrons. The van der Waals surface area contributed by atoms with E-state index in [4.69, 9.17) is 14.2 Å². The third-order valence-corrected chi connectivity index (χ3v) is 4.78. The van der Waals surface area contributed by atoms with Crippen LogP contribution in [0.25, 0.3) is 10.9 Å². The predicted octanol–water partition coefficient (Wildman–Crippen LogP) is 6.16. The molecule has 0 atom stereocenters. The van der Waals surface area contributed by atoms with Gasteiger partial charge in [0.15, 0.2) is 11.5 Å². The first kappa shape index (κ1) is 26.0. The Hall–Kier alpha value is -3.26. The molecule has 1 heterocycles. The number of fused-ring (bicyclic) bond motifs is 1. The fourth-order valence-corrected chi connectivity index (χ4v) is 3.04. The number of pyridine rings is 1. The summed E-state index contributed by atoms with van der Waals surface area (Å²) in [6, 6.07) is 8.99. The summed E-state index contributed by atoms with van der Waals surface area (Å²) in [5.74, 6) is 1.23. The van der Waals surface area contributed by atoms with Gasteiger partial charge in [-0.15, -0.1) is 12.4 Å². The van der Waals surface area contributed by atoms with Crippen molar-refractivity contribution < 1.29 is 23.4 Å². The number of nitrogens with zero attached hydrogens (tertiary/aromatic N) is 1. The molecule has 0 radical (unpaired) electrons. The van der Waals surface area contributed by atoms with Crippen LogP contribution in [0.4, 0.5) is 14.9 Å². The van der Waals surface area contributed by atoms with E-state index in [1.165, 1.54) is 12.1 Å². The van der Waals surface area contributed by atoms with Crippen LogP contribution < -0.4 is 24.8 Å². The average molecular weight is 478 g/mol. The van der Waals surface area contributed by atoms with Gasteiger partial charge in [0.25, 0.3) is 0 Å². The van der Waals surface area contributed by atoms with E-state index in [0.29, 0.717) is 34.7 Å². The van der Waals surface area contributed by atoms with Crippen molar-refractivity contribution >= 4 is 35.0 Å². The predicted molar refractivity (Wildman–Crippen MR) is 130 cm³/mol. The third-order valence-electron chi connectivity index (χ3n) is 4.78. The minimum Gasteiger partial charge on any atom is -0.493 e. The molecular weight excluding hydrogens is 449 g/mol. The summed E-state index contributed by atoms with van der Waals surface area (Å²) < 4.78 is 31.1. The van der Waals surface area contributed by atoms with Gasteiger partial charge in [-0.25, -0.2) is 9.18 Å². The van der Waals surface area contributed by atoms with Crippen LogP contribution >= 0.6 is 12.4 Å². The van der Waals surface area contributed by atoms with E-state index < -0.39 is 11.8 Å². The van der Waals surface area contributed by atoms with Crippen LogP contribution in [-0.4, -0.2) is 31.8 Å². The molecule has 0 unspecified atom stereocenters. The molecule has 1 aromatic heterocycles. The summed E-state index contributed by atoms with van der Waals surface area (Å²) in [6.07, 6.45) is 2.41. The van der Waals surface area contributed by atoms with E-state index in [0.717, 1.165) is 6.42 Å². The number of anilines is 1. The van der Waals surface area contributed by atoms with Crippen molar-refractivity contribution in [1.29, 1.82) is 0 Å². The topological polar surface area (TPSA) is 81.7 Å². The van der Waals surface area contributed by atoms with Gasteiger partial charge in [-0.3, -0.25) is 4.98 Å². The molecule has 7 nitrogen and oxygen atoms in total. The van der Waals surface area contributed by atoms with Gasteiger partial charge in [0.2, 0.25) is 0 Å². The van der Waals surface area contributed by atoms with Gasteiger partial charge in [0.1, 0.15) is 17.3 Å². The van der Waals surface area contributed by atoms with E-state index >= 15 is 0 Å². The molecule has 2 amide bonds. The Balaban J connectivity index is 0.00000385. The molecule has 3 rings (SSSR count). The van der Waals surface area contributed by atoms with Crippen molar-refractivity contribution in [3.63, 3.8) is 0 Å². The zero-order valence-corrected chi connectivity index (χ0v) is 20.1. The first-order valence-corrected chi connectivity index (χ1v) is 10.2. The molecule has 0 spiro atoms. The maximum Gasteiger partial charge on any atom is 0.319 e. The van der Waals surface area contributed by atoms with Crippen LogP contribution in [0.5, 0.6) is 23.0 Å². The van der Waals surface area contributed by atoms with Crippen LogP contribution in [0.2, 0.25) is 0 Å². The van der Waals surface area contributed by atoms with E-state index in [2.05, 4.69) is 36.4 Å². The van der Waals surface area contributed by atoms with E-state index in [1.54, 1.807) is 44.7 Å². The van der Waals surface area contributed by atoms with Crippen molar-refractivity contribution in [2.75, 3.05) is 26.1 Å². The largest absolute Gasteiger partial charge is 0.493 e. The Bertz CT molecular complexity index is 1120. The summed E-state index contributed by atoms with van der Waals surface area (Å²) in [4.78, 5) is 16.4. The molecule has 2 N–H and O–H groups in total. The summed E-state index contributed by atoms with van der Waals surface area (Å²) in [5, 5.41) is 5.94. The second kappa shape index (κ2) is 11.0. The SMILES string of the molecule is COc1cc2nccc(Oc3ccc(NC(=O)NCCC(C)(C)C)c(F)c3)c2cc1OC.Cl. The zero-order chi connectivity index (χ0) is 23.3. The molecule has 0 saturated carbocycles. The van der Waals surface area contributed by atoms with Gasteiger partial charge in [-0.1, -0.05) is 20.8 Å². The monoisotopic (exact) mass is 477 g/mol. The summed E-state index contributed by atoms with van der Waals surface area (Å²) >= 11 is 0. The summed E-state index contributed by atoms with van der Waals surface area (Å²) in [7, 11) is 3.09. The fraction of sp³-hybridized carbons (Fsp3) is 0.333. The molecule has 3 aromatic rings. The van der Waals surface area contributed by atoms with Gasteiger partial charge < -0.3 is 24.8 Å². The van der Waals surface area contributed by atoms with Gasteiger partial charge in [0, 0.05) is 30.3 Å². The minimum absolute atomic E-state index is 0. The Morgan fingerprint density at radius 1 is 1.03 bits per heavy atom. The number of amides is 2. The molecule has 0 aliphatic heterocycles. The lowest BCUT2D eigenvalue weighted by Crippen LogP contribution is -2.31. The lowest BCUT2D eigenvalue weighted by atomic mass is 9.92. The average Bonchev–Trinajstić information content (AvgIpc) is 2.74. The van der Waals surface area contributed by atoms with Gasteiger partial charge in [0.05, 0.1) is 25.4 Å². The van der Waals surface area contributed by atoms with Crippen molar-refractivity contribution in [3.8, 4) is 23.0 Å². The number of methoxy groups -OCH3 is 2. The van der Waals surface area contributed by atoms with Crippen LogP contribution in [0.15, 0.2) is 42.6 Å². The van der Waals surface area contributed by atoms with Gasteiger partial charge in [-0.05, 0) is 36.1 Å². The quantitative estimate of drug-likeness (QED) is 0.425. The van der Waals surface area contributed by atoms with Crippen LogP contribution in [0.3, 0.4) is 0 Å². The number of aromatic nitrogens is 1. The number of hydrogen-bond acceptors (Lipinski definition) is 5. The van der Waals surface area contributed by atoms with E-state index in [1.807, 2.05) is 0 Å². The first-order chi connectivity index (χ1) is 15.2. The normalized spacial score (nSPS) is 10.8. The van der Waals surface area contributed by atoms with E-state index in [-0.39, 0.29) is 29.3 Å². The third kappa shape index (κ3) is 6.86. The highest BCUT2D eigenvalue weighted by molar-refractivity contribution is 5.90. The number of urea groups is 1. The zero-order valence-electron chi connectivity index (χ0n) is 19.3. The highest BCUT2D eigenvalue weighted by Gasteiger charge is 2.14. The Morgan fingerprint density at radius 3 is 2.36 bits per heavy atom. The molecule has 0 fully saturated rings.